The first-order valence-corrected chi connectivity index (χ1v) is 9.36. The monoisotopic (exact) mass is 355 g/mol. The maximum absolute atomic E-state index is 12.5. The van der Waals surface area contributed by atoms with Crippen molar-refractivity contribution in [2.45, 2.75) is 71.4 Å². The van der Waals surface area contributed by atoms with Crippen LogP contribution in [0.5, 0.6) is 0 Å². The molecule has 2 atom stereocenters. The first-order valence-electron chi connectivity index (χ1n) is 9.36. The third kappa shape index (κ3) is 3.76. The van der Waals surface area contributed by atoms with Gasteiger partial charge in [-0.15, -0.1) is 0 Å². The molecule has 1 aliphatic rings. The topological polar surface area (TPSA) is 67.2 Å². The van der Waals surface area contributed by atoms with Crippen LogP contribution in [0.15, 0.2) is 28.8 Å². The number of urea groups is 1. The van der Waals surface area contributed by atoms with Gasteiger partial charge in [0.05, 0.1) is 11.7 Å². The molecule has 5 heteroatoms. The fourth-order valence-electron chi connectivity index (χ4n) is 3.94. The van der Waals surface area contributed by atoms with E-state index in [9.17, 15) is 4.79 Å². The van der Waals surface area contributed by atoms with Gasteiger partial charge in [0.25, 0.3) is 0 Å². The van der Waals surface area contributed by atoms with Crippen LogP contribution in [-0.2, 0) is 11.8 Å². The van der Waals surface area contributed by atoms with Crippen LogP contribution in [0.25, 0.3) is 0 Å². The Labute approximate surface area is 155 Å². The molecule has 0 radical (unpaired) electrons. The van der Waals surface area contributed by atoms with Crippen LogP contribution in [0.3, 0.4) is 0 Å². The molecule has 26 heavy (non-hydrogen) atoms. The number of nitrogens with zero attached hydrogens (tertiary/aromatic N) is 1. The minimum absolute atomic E-state index is 0.00192. The number of rotatable bonds is 4. The van der Waals surface area contributed by atoms with Gasteiger partial charge < -0.3 is 15.2 Å². The molecule has 0 bridgehead atoms. The zero-order chi connectivity index (χ0) is 18.9. The molecule has 2 N–H and O–H groups in total. The number of fused-ring (bicyclic) bond motifs is 1. The zero-order valence-corrected chi connectivity index (χ0v) is 16.3. The zero-order valence-electron chi connectivity index (χ0n) is 16.3. The molecular weight excluding hydrogens is 326 g/mol. The Bertz CT molecular complexity index is 775. The first-order chi connectivity index (χ1) is 12.3. The SMILES string of the molecule is Cc1noc(C)c1C[C@@H](C)NC(=O)N[C@@H]1CCC(C)(C)c2ccccc21. The summed E-state index contributed by atoms with van der Waals surface area (Å²) in [6.45, 7) is 10.4. The first kappa shape index (κ1) is 18.5. The molecule has 1 heterocycles. The summed E-state index contributed by atoms with van der Waals surface area (Å²) in [5, 5.41) is 10.2. The Morgan fingerprint density at radius 3 is 2.77 bits per heavy atom. The van der Waals surface area contributed by atoms with Crippen molar-refractivity contribution in [2.75, 3.05) is 0 Å². The molecule has 2 amide bonds. The van der Waals surface area contributed by atoms with Gasteiger partial charge in [-0.2, -0.15) is 0 Å². The summed E-state index contributed by atoms with van der Waals surface area (Å²) in [5.41, 5.74) is 4.68. The molecule has 1 aromatic carbocycles. The van der Waals surface area contributed by atoms with Crippen molar-refractivity contribution >= 4 is 6.03 Å². The van der Waals surface area contributed by atoms with E-state index in [1.54, 1.807) is 0 Å². The number of aryl methyl sites for hydroxylation is 2. The lowest BCUT2D eigenvalue weighted by Crippen LogP contribution is -2.44. The molecule has 5 nitrogen and oxygen atoms in total. The van der Waals surface area contributed by atoms with E-state index in [1.807, 2.05) is 26.8 Å². The summed E-state index contributed by atoms with van der Waals surface area (Å²) in [5.74, 6) is 0.819. The predicted octanol–water partition coefficient (Wildman–Crippen LogP) is 4.33. The molecule has 140 valence electrons. The highest BCUT2D eigenvalue weighted by molar-refractivity contribution is 5.75. The Kier molecular flexibility index (Phi) is 5.08. The van der Waals surface area contributed by atoms with Gasteiger partial charge in [-0.1, -0.05) is 43.3 Å². The number of nitrogens with one attached hydrogen (secondary N) is 2. The van der Waals surface area contributed by atoms with Crippen molar-refractivity contribution in [3.05, 3.63) is 52.4 Å². The van der Waals surface area contributed by atoms with Gasteiger partial charge in [0.2, 0.25) is 0 Å². The molecule has 1 aromatic heterocycles. The van der Waals surface area contributed by atoms with E-state index in [1.165, 1.54) is 11.1 Å². The lowest BCUT2D eigenvalue weighted by Gasteiger charge is -2.37. The van der Waals surface area contributed by atoms with Crippen molar-refractivity contribution in [1.82, 2.24) is 15.8 Å². The Morgan fingerprint density at radius 2 is 2.08 bits per heavy atom. The number of hydrogen-bond donors (Lipinski definition) is 2. The normalized spacial score (nSPS) is 19.5. The van der Waals surface area contributed by atoms with Crippen LogP contribution >= 0.6 is 0 Å². The van der Waals surface area contributed by atoms with Crippen LogP contribution < -0.4 is 10.6 Å². The Hall–Kier alpha value is -2.30. The van der Waals surface area contributed by atoms with Gasteiger partial charge in [0.1, 0.15) is 5.76 Å². The molecule has 0 saturated heterocycles. The second-order valence-electron chi connectivity index (χ2n) is 8.09. The van der Waals surface area contributed by atoms with Crippen LogP contribution in [0.2, 0.25) is 0 Å². The number of benzene rings is 1. The van der Waals surface area contributed by atoms with Crippen molar-refractivity contribution in [3.63, 3.8) is 0 Å². The molecule has 0 unspecified atom stereocenters. The molecule has 0 spiro atoms. The molecular formula is C21H29N3O2. The number of carbonyl (C=O) groups is 1. The standard InChI is InChI=1S/C21H29N3O2/c1-13(12-17-14(2)24-26-15(17)3)22-20(25)23-19-10-11-21(4,5)18-9-7-6-8-16(18)19/h6-9,13,19H,10-12H2,1-5H3,(H2,22,23,25)/t13-,19-/m1/s1. The van der Waals surface area contributed by atoms with E-state index in [0.717, 1.165) is 29.9 Å². The van der Waals surface area contributed by atoms with E-state index in [0.29, 0.717) is 6.42 Å². The molecule has 0 saturated carbocycles. The number of hydrogen-bond acceptors (Lipinski definition) is 3. The van der Waals surface area contributed by atoms with Crippen molar-refractivity contribution in [2.24, 2.45) is 0 Å². The highest BCUT2D eigenvalue weighted by Gasteiger charge is 2.33. The van der Waals surface area contributed by atoms with Gasteiger partial charge in [-0.05, 0) is 56.6 Å². The molecule has 0 fully saturated rings. The maximum Gasteiger partial charge on any atom is 0.315 e. The van der Waals surface area contributed by atoms with Crippen molar-refractivity contribution < 1.29 is 9.32 Å². The summed E-state index contributed by atoms with van der Waals surface area (Å²) >= 11 is 0. The molecule has 2 aromatic rings. The van der Waals surface area contributed by atoms with Crippen LogP contribution in [-0.4, -0.2) is 17.2 Å². The van der Waals surface area contributed by atoms with Crippen molar-refractivity contribution in [3.8, 4) is 0 Å². The summed E-state index contributed by atoms with van der Waals surface area (Å²) in [7, 11) is 0. The van der Waals surface area contributed by atoms with E-state index in [4.69, 9.17) is 4.52 Å². The highest BCUT2D eigenvalue weighted by Crippen LogP contribution is 2.41. The van der Waals surface area contributed by atoms with E-state index in [-0.39, 0.29) is 23.5 Å². The predicted molar refractivity (Wildman–Crippen MR) is 102 cm³/mol. The van der Waals surface area contributed by atoms with Gasteiger partial charge in [-0.3, -0.25) is 0 Å². The van der Waals surface area contributed by atoms with Gasteiger partial charge >= 0.3 is 6.03 Å². The van der Waals surface area contributed by atoms with Crippen LogP contribution in [0.4, 0.5) is 4.79 Å². The van der Waals surface area contributed by atoms with Gasteiger partial charge in [-0.25, -0.2) is 4.79 Å². The third-order valence-electron chi connectivity index (χ3n) is 5.50. The van der Waals surface area contributed by atoms with E-state index < -0.39 is 0 Å². The quantitative estimate of drug-likeness (QED) is 0.857. The number of amides is 2. The summed E-state index contributed by atoms with van der Waals surface area (Å²) in [6.07, 6.45) is 2.72. The smallest absolute Gasteiger partial charge is 0.315 e. The largest absolute Gasteiger partial charge is 0.361 e. The number of aromatic nitrogens is 1. The van der Waals surface area contributed by atoms with Gasteiger partial charge in [0.15, 0.2) is 0 Å². The number of carbonyl (C=O) groups excluding carboxylic acids is 1. The molecule has 3 rings (SSSR count). The second-order valence-corrected chi connectivity index (χ2v) is 8.09. The minimum Gasteiger partial charge on any atom is -0.361 e. The average molecular weight is 355 g/mol. The van der Waals surface area contributed by atoms with Gasteiger partial charge in [0, 0.05) is 11.6 Å². The third-order valence-corrected chi connectivity index (χ3v) is 5.50. The highest BCUT2D eigenvalue weighted by atomic mass is 16.5. The average Bonchev–Trinajstić information content (AvgIpc) is 2.89. The maximum atomic E-state index is 12.5. The molecule has 0 aliphatic heterocycles. The minimum atomic E-state index is -0.122. The van der Waals surface area contributed by atoms with E-state index in [2.05, 4.69) is 47.8 Å². The summed E-state index contributed by atoms with van der Waals surface area (Å²) < 4.78 is 5.20. The van der Waals surface area contributed by atoms with Crippen LogP contribution in [0.1, 0.15) is 67.8 Å². The summed E-state index contributed by atoms with van der Waals surface area (Å²) in [4.78, 5) is 12.5. The second kappa shape index (κ2) is 7.14. The fourth-order valence-corrected chi connectivity index (χ4v) is 3.94. The van der Waals surface area contributed by atoms with Crippen LogP contribution in [0, 0.1) is 13.8 Å². The Balaban J connectivity index is 1.63. The lowest BCUT2D eigenvalue weighted by atomic mass is 9.71. The van der Waals surface area contributed by atoms with Crippen molar-refractivity contribution in [1.29, 1.82) is 0 Å². The Morgan fingerprint density at radius 1 is 1.35 bits per heavy atom. The van der Waals surface area contributed by atoms with E-state index >= 15 is 0 Å². The lowest BCUT2D eigenvalue weighted by molar-refractivity contribution is 0.230. The molecule has 1 aliphatic carbocycles. The summed E-state index contributed by atoms with van der Waals surface area (Å²) in [6, 6.07) is 8.38. The fraction of sp³-hybridized carbons (Fsp3) is 0.524.